The van der Waals surface area contributed by atoms with Crippen LogP contribution in [0.2, 0.25) is 0 Å². The van der Waals surface area contributed by atoms with Gasteiger partial charge in [-0.25, -0.2) is 23.1 Å². The van der Waals surface area contributed by atoms with E-state index in [0.29, 0.717) is 5.56 Å². The van der Waals surface area contributed by atoms with Crippen LogP contribution in [0.5, 0.6) is 0 Å². The minimum Gasteiger partial charge on any atom is -0.391 e. The number of benzene rings is 1. The van der Waals surface area contributed by atoms with Gasteiger partial charge in [-0.1, -0.05) is 13.0 Å². The number of aromatic nitrogens is 2. The number of alkyl halides is 2. The molecule has 2 atom stereocenters. The topological polar surface area (TPSA) is 112 Å². The Kier molecular flexibility index (Phi) is 7.43. The molecule has 13 heteroatoms. The predicted molar refractivity (Wildman–Crippen MR) is 110 cm³/mol. The molecule has 0 amide bonds. The van der Waals surface area contributed by atoms with E-state index in [4.69, 9.17) is 4.42 Å². The maximum atomic E-state index is 14.7. The number of halogens is 3. The third kappa shape index (κ3) is 5.39. The second kappa shape index (κ2) is 9.73. The van der Waals surface area contributed by atoms with Gasteiger partial charge < -0.3 is 4.42 Å². The van der Waals surface area contributed by atoms with Gasteiger partial charge in [-0.05, 0) is 36.6 Å². The Bertz CT molecular complexity index is 1100. The summed E-state index contributed by atoms with van der Waals surface area (Å²) in [5, 5.41) is 5.85. The molecule has 0 aliphatic carbocycles. The van der Waals surface area contributed by atoms with Crippen molar-refractivity contribution in [1.29, 1.82) is 0 Å². The van der Waals surface area contributed by atoms with Crippen molar-refractivity contribution >= 4 is 10.2 Å². The van der Waals surface area contributed by atoms with E-state index in [-0.39, 0.29) is 37.6 Å². The Morgan fingerprint density at radius 2 is 1.88 bits per heavy atom. The molecule has 3 rings (SSSR count). The predicted octanol–water partition coefficient (Wildman–Crippen LogP) is 1.68. The van der Waals surface area contributed by atoms with E-state index >= 15 is 0 Å². The van der Waals surface area contributed by atoms with Crippen LogP contribution < -0.4 is 10.5 Å². The Morgan fingerprint density at radius 1 is 1.22 bits per heavy atom. The Hall–Kier alpha value is -2.22. The summed E-state index contributed by atoms with van der Waals surface area (Å²) >= 11 is 0. The fraction of sp³-hybridized carbons (Fsp3) is 0.579. The van der Waals surface area contributed by atoms with Crippen molar-refractivity contribution in [3.05, 3.63) is 51.1 Å². The van der Waals surface area contributed by atoms with Crippen LogP contribution >= 0.6 is 0 Å². The minimum absolute atomic E-state index is 0.00546. The molecule has 1 aromatic heterocycles. The molecular formula is C19H26F3N5O4S. The molecule has 1 fully saturated rings. The van der Waals surface area contributed by atoms with Crippen molar-refractivity contribution in [3.63, 3.8) is 0 Å². The average molecular weight is 478 g/mol. The van der Waals surface area contributed by atoms with E-state index in [0.717, 1.165) is 9.87 Å². The summed E-state index contributed by atoms with van der Waals surface area (Å²) in [7, 11) is -4.13. The first kappa shape index (κ1) is 24.4. The van der Waals surface area contributed by atoms with Crippen LogP contribution in [0.15, 0.2) is 21.3 Å². The number of hydrogen-bond donors (Lipinski definition) is 2. The van der Waals surface area contributed by atoms with Crippen molar-refractivity contribution in [2.45, 2.75) is 39.2 Å². The zero-order chi connectivity index (χ0) is 23.6. The molecule has 0 radical (unpaired) electrons. The van der Waals surface area contributed by atoms with Crippen molar-refractivity contribution in [2.75, 3.05) is 32.7 Å². The molecule has 1 aliphatic rings. The highest BCUT2D eigenvalue weighted by molar-refractivity contribution is 7.87. The summed E-state index contributed by atoms with van der Waals surface area (Å²) in [5.41, 5.74) is 1.72. The van der Waals surface area contributed by atoms with E-state index < -0.39 is 46.7 Å². The zero-order valence-corrected chi connectivity index (χ0v) is 18.8. The summed E-state index contributed by atoms with van der Waals surface area (Å²) < 4.78 is 74.7. The molecule has 1 saturated heterocycles. The normalized spacial score (nSPS) is 18.2. The number of piperazine rings is 1. The van der Waals surface area contributed by atoms with E-state index in [1.807, 2.05) is 0 Å². The number of aromatic amines is 1. The highest BCUT2D eigenvalue weighted by atomic mass is 32.2. The molecule has 0 spiro atoms. The van der Waals surface area contributed by atoms with Crippen molar-refractivity contribution in [1.82, 2.24) is 24.1 Å². The number of aryl methyl sites for hydroxylation is 1. The lowest BCUT2D eigenvalue weighted by Crippen LogP contribution is -2.53. The molecular weight excluding hydrogens is 451 g/mol. The molecule has 0 saturated carbocycles. The van der Waals surface area contributed by atoms with E-state index in [2.05, 4.69) is 14.9 Å². The van der Waals surface area contributed by atoms with Gasteiger partial charge in [0.2, 0.25) is 5.89 Å². The molecule has 2 aromatic rings. The molecule has 0 bridgehead atoms. The minimum atomic E-state index is -4.13. The van der Waals surface area contributed by atoms with Gasteiger partial charge in [0, 0.05) is 32.1 Å². The van der Waals surface area contributed by atoms with Gasteiger partial charge in [-0.3, -0.25) is 4.90 Å². The molecule has 9 nitrogen and oxygen atoms in total. The SMILES string of the molecule is Cc1ccc(F)c(C(C)[C@H](NS(=O)(=O)N2CCN(CC(F)F)CC2)c2n[nH]c(=O)o2)c1C. The summed E-state index contributed by atoms with van der Waals surface area (Å²) in [6, 6.07) is 1.73. The number of nitrogens with zero attached hydrogens (tertiary/aromatic N) is 3. The van der Waals surface area contributed by atoms with Crippen LogP contribution in [0.25, 0.3) is 0 Å². The Morgan fingerprint density at radius 3 is 2.44 bits per heavy atom. The summed E-state index contributed by atoms with van der Waals surface area (Å²) in [6.45, 7) is 5.01. The van der Waals surface area contributed by atoms with Gasteiger partial charge in [0.1, 0.15) is 11.9 Å². The number of H-pyrrole nitrogens is 1. The van der Waals surface area contributed by atoms with Gasteiger partial charge in [0.15, 0.2) is 0 Å². The van der Waals surface area contributed by atoms with E-state index in [1.54, 1.807) is 26.8 Å². The summed E-state index contributed by atoms with van der Waals surface area (Å²) in [5.74, 6) is -2.42. The highest BCUT2D eigenvalue weighted by Crippen LogP contribution is 2.35. The van der Waals surface area contributed by atoms with Crippen LogP contribution in [0, 0.1) is 19.7 Å². The molecule has 32 heavy (non-hydrogen) atoms. The largest absolute Gasteiger partial charge is 0.434 e. The van der Waals surface area contributed by atoms with Crippen molar-refractivity contribution in [2.24, 2.45) is 0 Å². The van der Waals surface area contributed by atoms with E-state index in [9.17, 15) is 26.4 Å². The van der Waals surface area contributed by atoms with Gasteiger partial charge in [0.05, 0.1) is 6.54 Å². The van der Waals surface area contributed by atoms with Crippen molar-refractivity contribution < 1.29 is 26.0 Å². The third-order valence-electron chi connectivity index (χ3n) is 5.75. The lowest BCUT2D eigenvalue weighted by Gasteiger charge is -2.35. The first-order valence-corrected chi connectivity index (χ1v) is 11.5. The molecule has 1 aromatic carbocycles. The fourth-order valence-corrected chi connectivity index (χ4v) is 5.27. The van der Waals surface area contributed by atoms with Crippen LogP contribution in [-0.4, -0.2) is 67.0 Å². The quantitative estimate of drug-likeness (QED) is 0.599. The summed E-state index contributed by atoms with van der Waals surface area (Å²) in [6.07, 6.45) is -2.50. The second-order valence-electron chi connectivity index (χ2n) is 7.83. The Labute approximate surface area is 183 Å². The first-order valence-electron chi connectivity index (χ1n) is 10.1. The maximum absolute atomic E-state index is 14.7. The molecule has 1 unspecified atom stereocenters. The third-order valence-corrected chi connectivity index (χ3v) is 7.35. The Balaban J connectivity index is 1.88. The van der Waals surface area contributed by atoms with Gasteiger partial charge >= 0.3 is 5.76 Å². The number of rotatable bonds is 8. The van der Waals surface area contributed by atoms with Gasteiger partial charge in [0.25, 0.3) is 16.6 Å². The van der Waals surface area contributed by atoms with Crippen LogP contribution in [-0.2, 0) is 10.2 Å². The summed E-state index contributed by atoms with van der Waals surface area (Å²) in [4.78, 5) is 13.0. The van der Waals surface area contributed by atoms with Gasteiger partial charge in [-0.15, -0.1) is 5.10 Å². The lowest BCUT2D eigenvalue weighted by atomic mass is 9.88. The van der Waals surface area contributed by atoms with Crippen molar-refractivity contribution in [3.8, 4) is 0 Å². The van der Waals surface area contributed by atoms with Crippen LogP contribution in [0.1, 0.15) is 41.5 Å². The van der Waals surface area contributed by atoms with Gasteiger partial charge in [-0.2, -0.15) is 17.4 Å². The van der Waals surface area contributed by atoms with Crippen LogP contribution in [0.3, 0.4) is 0 Å². The highest BCUT2D eigenvalue weighted by Gasteiger charge is 2.36. The molecule has 2 heterocycles. The maximum Gasteiger partial charge on any atom is 0.434 e. The molecule has 2 N–H and O–H groups in total. The smallest absolute Gasteiger partial charge is 0.391 e. The zero-order valence-electron chi connectivity index (χ0n) is 17.9. The average Bonchev–Trinajstić information content (AvgIpc) is 3.15. The number of hydrogen-bond acceptors (Lipinski definition) is 6. The first-order chi connectivity index (χ1) is 15.0. The number of nitrogens with one attached hydrogen (secondary N) is 2. The standard InChI is InChI=1S/C19H26F3N5O4S/c1-11-4-5-14(20)16(12(11)2)13(3)17(18-23-24-19(28)31-18)25-32(29,30)27-8-6-26(7-9-27)10-15(21)22/h4-5,13,15,17,25H,6-10H2,1-3H3,(H,24,28)/t13?,17-/m0/s1. The fourth-order valence-electron chi connectivity index (χ4n) is 3.85. The van der Waals surface area contributed by atoms with Crippen LogP contribution in [0.4, 0.5) is 13.2 Å². The second-order valence-corrected chi connectivity index (χ2v) is 9.54. The van der Waals surface area contributed by atoms with E-state index in [1.165, 1.54) is 11.0 Å². The lowest BCUT2D eigenvalue weighted by molar-refractivity contribution is 0.0713. The molecule has 178 valence electrons. The monoisotopic (exact) mass is 477 g/mol. The molecule has 1 aliphatic heterocycles.